The summed E-state index contributed by atoms with van der Waals surface area (Å²) in [6.07, 6.45) is 3.73. The fourth-order valence-corrected chi connectivity index (χ4v) is 5.07. The first-order valence-electron chi connectivity index (χ1n) is 5.48. The van der Waals surface area contributed by atoms with Gasteiger partial charge in [-0.2, -0.15) is 0 Å². The molecule has 0 saturated carbocycles. The first kappa shape index (κ1) is 11.2. The lowest BCUT2D eigenvalue weighted by Crippen LogP contribution is -2.42. The van der Waals surface area contributed by atoms with E-state index in [0.717, 1.165) is 18.9 Å². The van der Waals surface area contributed by atoms with Gasteiger partial charge in [0.25, 0.3) is 0 Å². The van der Waals surface area contributed by atoms with E-state index in [1.165, 1.54) is 19.4 Å². The van der Waals surface area contributed by atoms with Gasteiger partial charge in [-0.3, -0.25) is 0 Å². The molecule has 1 fully saturated rings. The van der Waals surface area contributed by atoms with Crippen LogP contribution in [0.5, 0.6) is 0 Å². The molecule has 0 aliphatic carbocycles. The van der Waals surface area contributed by atoms with Crippen LogP contribution < -0.4 is 5.32 Å². The van der Waals surface area contributed by atoms with Crippen molar-refractivity contribution in [3.8, 4) is 0 Å². The highest BCUT2D eigenvalue weighted by molar-refractivity contribution is 6.71. The molecule has 13 heavy (non-hydrogen) atoms. The fourth-order valence-electron chi connectivity index (χ4n) is 2.63. The Balaban J connectivity index is 2.54. The Labute approximate surface area is 82.9 Å². The lowest BCUT2D eigenvalue weighted by atomic mass is 9.94. The lowest BCUT2D eigenvalue weighted by molar-refractivity contribution is 0.330. The van der Waals surface area contributed by atoms with E-state index in [-0.39, 0.29) is 0 Å². The van der Waals surface area contributed by atoms with Crippen LogP contribution in [0.15, 0.2) is 0 Å². The zero-order valence-corrected chi connectivity index (χ0v) is 10.1. The second kappa shape index (κ2) is 4.58. The maximum absolute atomic E-state index is 10.1. The second-order valence-corrected chi connectivity index (χ2v) is 8.82. The van der Waals surface area contributed by atoms with Crippen molar-refractivity contribution in [1.82, 2.24) is 5.32 Å². The van der Waals surface area contributed by atoms with Gasteiger partial charge in [-0.15, -0.1) is 0 Å². The molecule has 0 spiro atoms. The predicted molar refractivity (Wildman–Crippen MR) is 59.3 cm³/mol. The molecule has 0 aromatic rings. The number of hydrogen-bond donors (Lipinski definition) is 2. The van der Waals surface area contributed by atoms with Crippen LogP contribution in [0.25, 0.3) is 0 Å². The predicted octanol–water partition coefficient (Wildman–Crippen LogP) is 1.96. The molecule has 1 rings (SSSR count). The highest BCUT2D eigenvalue weighted by Crippen LogP contribution is 2.34. The van der Waals surface area contributed by atoms with Gasteiger partial charge in [0.05, 0.1) is 0 Å². The molecule has 0 amide bonds. The lowest BCUT2D eigenvalue weighted by Gasteiger charge is -2.36. The van der Waals surface area contributed by atoms with Crippen molar-refractivity contribution >= 4 is 8.32 Å². The summed E-state index contributed by atoms with van der Waals surface area (Å²) in [5.74, 6) is 0.727. The van der Waals surface area contributed by atoms with E-state index in [2.05, 4.69) is 25.3 Å². The third kappa shape index (κ3) is 3.08. The summed E-state index contributed by atoms with van der Waals surface area (Å²) in [6, 6.07) is 0. The summed E-state index contributed by atoms with van der Waals surface area (Å²) >= 11 is 0. The van der Waals surface area contributed by atoms with Gasteiger partial charge in [-0.25, -0.2) is 0 Å². The first-order chi connectivity index (χ1) is 6.05. The molecule has 0 radical (unpaired) electrons. The zero-order valence-electron chi connectivity index (χ0n) is 9.14. The van der Waals surface area contributed by atoms with Crippen molar-refractivity contribution in [1.29, 1.82) is 0 Å². The monoisotopic (exact) mass is 201 g/mol. The summed E-state index contributed by atoms with van der Waals surface area (Å²) in [6.45, 7) is 8.66. The van der Waals surface area contributed by atoms with Crippen molar-refractivity contribution in [2.75, 3.05) is 13.1 Å². The quantitative estimate of drug-likeness (QED) is 0.684. The summed E-state index contributed by atoms with van der Waals surface area (Å²) in [5.41, 5.74) is 0.584. The summed E-state index contributed by atoms with van der Waals surface area (Å²) in [7, 11) is -1.91. The minimum atomic E-state index is -1.91. The SMILES string of the molecule is CCC(C1CCCNC1)[Si](C)(C)O. The Hall–Kier alpha value is 0.137. The van der Waals surface area contributed by atoms with E-state index in [4.69, 9.17) is 0 Å². The van der Waals surface area contributed by atoms with Crippen molar-refractivity contribution in [2.24, 2.45) is 5.92 Å². The van der Waals surface area contributed by atoms with Crippen LogP contribution in [0.3, 0.4) is 0 Å². The molecule has 1 saturated heterocycles. The van der Waals surface area contributed by atoms with Crippen molar-refractivity contribution < 1.29 is 4.80 Å². The van der Waals surface area contributed by atoms with Crippen LogP contribution in [-0.4, -0.2) is 26.2 Å². The van der Waals surface area contributed by atoms with E-state index in [9.17, 15) is 4.80 Å². The van der Waals surface area contributed by atoms with E-state index in [0.29, 0.717) is 5.54 Å². The Morgan fingerprint density at radius 3 is 2.62 bits per heavy atom. The molecule has 78 valence electrons. The van der Waals surface area contributed by atoms with Crippen LogP contribution in [0.1, 0.15) is 26.2 Å². The van der Waals surface area contributed by atoms with Gasteiger partial charge in [0.15, 0.2) is 8.32 Å². The number of piperidine rings is 1. The molecule has 0 aromatic carbocycles. The molecule has 2 unspecified atom stereocenters. The normalized spacial score (nSPS) is 27.2. The van der Waals surface area contributed by atoms with Gasteiger partial charge in [0.2, 0.25) is 0 Å². The van der Waals surface area contributed by atoms with Crippen molar-refractivity contribution in [2.45, 2.75) is 44.8 Å². The Morgan fingerprint density at radius 1 is 1.54 bits per heavy atom. The number of hydrogen-bond acceptors (Lipinski definition) is 2. The van der Waals surface area contributed by atoms with Crippen molar-refractivity contribution in [3.63, 3.8) is 0 Å². The molecular weight excluding hydrogens is 178 g/mol. The van der Waals surface area contributed by atoms with Gasteiger partial charge in [-0.05, 0) is 50.5 Å². The third-order valence-electron chi connectivity index (χ3n) is 3.25. The maximum atomic E-state index is 10.1. The van der Waals surface area contributed by atoms with Crippen LogP contribution in [0.4, 0.5) is 0 Å². The smallest absolute Gasteiger partial charge is 0.185 e. The van der Waals surface area contributed by atoms with Crippen LogP contribution in [0.2, 0.25) is 18.6 Å². The highest BCUT2D eigenvalue weighted by atomic mass is 28.4. The summed E-state index contributed by atoms with van der Waals surface area (Å²) in [4.78, 5) is 10.1. The zero-order chi connectivity index (χ0) is 9.90. The van der Waals surface area contributed by atoms with Crippen LogP contribution >= 0.6 is 0 Å². The van der Waals surface area contributed by atoms with Gasteiger partial charge in [0, 0.05) is 0 Å². The Bertz CT molecular complexity index is 149. The van der Waals surface area contributed by atoms with Crippen LogP contribution in [0, 0.1) is 5.92 Å². The largest absolute Gasteiger partial charge is 0.432 e. The molecular formula is C10H23NOSi. The topological polar surface area (TPSA) is 32.3 Å². The standard InChI is InChI=1S/C10H23NOSi/c1-4-10(13(2,3)12)9-6-5-7-11-8-9/h9-12H,4-8H2,1-3H3. The molecule has 1 aliphatic rings. The summed E-state index contributed by atoms with van der Waals surface area (Å²) < 4.78 is 0. The van der Waals surface area contributed by atoms with E-state index in [1.807, 2.05) is 0 Å². The van der Waals surface area contributed by atoms with E-state index >= 15 is 0 Å². The minimum Gasteiger partial charge on any atom is -0.432 e. The molecule has 0 aromatic heterocycles. The third-order valence-corrected chi connectivity index (χ3v) is 5.95. The molecule has 2 nitrogen and oxygen atoms in total. The highest BCUT2D eigenvalue weighted by Gasteiger charge is 2.35. The number of rotatable bonds is 3. The molecule has 0 bridgehead atoms. The van der Waals surface area contributed by atoms with Crippen LogP contribution in [-0.2, 0) is 0 Å². The molecule has 2 atom stereocenters. The minimum absolute atomic E-state index is 0.584. The summed E-state index contributed by atoms with van der Waals surface area (Å²) in [5, 5.41) is 3.43. The van der Waals surface area contributed by atoms with Gasteiger partial charge in [-0.1, -0.05) is 13.3 Å². The fraction of sp³-hybridized carbons (Fsp3) is 1.00. The second-order valence-electron chi connectivity index (χ2n) is 4.77. The van der Waals surface area contributed by atoms with Gasteiger partial charge < -0.3 is 10.1 Å². The Morgan fingerprint density at radius 2 is 2.23 bits per heavy atom. The van der Waals surface area contributed by atoms with Gasteiger partial charge >= 0.3 is 0 Å². The molecule has 3 heteroatoms. The first-order valence-corrected chi connectivity index (χ1v) is 8.51. The van der Waals surface area contributed by atoms with E-state index < -0.39 is 8.32 Å². The average molecular weight is 201 g/mol. The van der Waals surface area contributed by atoms with Gasteiger partial charge in [0.1, 0.15) is 0 Å². The van der Waals surface area contributed by atoms with Crippen molar-refractivity contribution in [3.05, 3.63) is 0 Å². The molecule has 1 heterocycles. The molecule has 1 aliphatic heterocycles. The van der Waals surface area contributed by atoms with E-state index in [1.54, 1.807) is 0 Å². The molecule has 2 N–H and O–H groups in total. The maximum Gasteiger partial charge on any atom is 0.185 e. The Kier molecular flexibility index (Phi) is 3.95. The average Bonchev–Trinajstić information content (AvgIpc) is 2.05. The number of nitrogens with one attached hydrogen (secondary N) is 1.